The molecule has 1 amide bonds. The second-order valence-electron chi connectivity index (χ2n) is 4.90. The van der Waals surface area contributed by atoms with Crippen LogP contribution in [0, 0.1) is 0 Å². The van der Waals surface area contributed by atoms with Crippen molar-refractivity contribution in [2.75, 3.05) is 12.4 Å². The number of carbonyl (C=O) groups excluding carboxylic acids is 1. The van der Waals surface area contributed by atoms with Gasteiger partial charge in [-0.2, -0.15) is 0 Å². The molecule has 5 nitrogen and oxygen atoms in total. The van der Waals surface area contributed by atoms with E-state index in [0.29, 0.717) is 26.9 Å². The van der Waals surface area contributed by atoms with Crippen molar-refractivity contribution in [2.24, 2.45) is 0 Å². The first-order chi connectivity index (χ1) is 11.5. The van der Waals surface area contributed by atoms with E-state index in [9.17, 15) is 9.59 Å². The molecule has 2 aromatic carbocycles. The summed E-state index contributed by atoms with van der Waals surface area (Å²) in [5.74, 6) is -0.216. The standard InChI is InChI=1S/C17H11Cl2NO4/c1-23-14-6-5-10(18)8-13(14)20-16(21)11-7-9-3-2-4-12(19)15(9)24-17(11)22/h2-8H,1H3,(H,20,21). The van der Waals surface area contributed by atoms with Gasteiger partial charge in [-0.15, -0.1) is 0 Å². The van der Waals surface area contributed by atoms with Gasteiger partial charge in [-0.3, -0.25) is 4.79 Å². The summed E-state index contributed by atoms with van der Waals surface area (Å²) in [5.41, 5.74) is -0.345. The number of anilines is 1. The highest BCUT2D eigenvalue weighted by Crippen LogP contribution is 2.28. The number of hydrogen-bond acceptors (Lipinski definition) is 4. The molecular formula is C17H11Cl2NO4. The first kappa shape index (κ1) is 16.4. The van der Waals surface area contributed by atoms with E-state index in [1.807, 2.05) is 0 Å². The minimum atomic E-state index is -0.783. The highest BCUT2D eigenvalue weighted by atomic mass is 35.5. The maximum atomic E-state index is 12.4. The molecule has 0 fully saturated rings. The number of carbonyl (C=O) groups is 1. The van der Waals surface area contributed by atoms with Crippen LogP contribution in [0.2, 0.25) is 10.0 Å². The largest absolute Gasteiger partial charge is 0.495 e. The number of rotatable bonds is 3. The molecule has 0 aliphatic rings. The minimum absolute atomic E-state index is 0.146. The van der Waals surface area contributed by atoms with Crippen molar-refractivity contribution < 1.29 is 13.9 Å². The number of para-hydroxylation sites is 1. The van der Waals surface area contributed by atoms with Crippen LogP contribution in [0.15, 0.2) is 51.7 Å². The third-order valence-corrected chi connectivity index (χ3v) is 3.90. The molecule has 1 N–H and O–H groups in total. The monoisotopic (exact) mass is 363 g/mol. The summed E-state index contributed by atoms with van der Waals surface area (Å²) in [6.45, 7) is 0. The third kappa shape index (κ3) is 3.09. The smallest absolute Gasteiger partial charge is 0.349 e. The molecule has 0 saturated carbocycles. The van der Waals surface area contributed by atoms with Gasteiger partial charge in [-0.1, -0.05) is 35.3 Å². The van der Waals surface area contributed by atoms with E-state index in [2.05, 4.69) is 5.32 Å². The first-order valence-corrected chi connectivity index (χ1v) is 7.62. The number of benzene rings is 2. The van der Waals surface area contributed by atoms with Crippen LogP contribution in [0.3, 0.4) is 0 Å². The Morgan fingerprint density at radius 2 is 1.96 bits per heavy atom. The Labute approximate surface area is 146 Å². The second kappa shape index (κ2) is 6.55. The molecule has 3 aromatic rings. The van der Waals surface area contributed by atoms with Crippen LogP contribution in [0.5, 0.6) is 5.75 Å². The molecule has 0 saturated heterocycles. The van der Waals surface area contributed by atoms with Crippen LogP contribution in [0.25, 0.3) is 11.0 Å². The van der Waals surface area contributed by atoms with Crippen molar-refractivity contribution in [3.05, 3.63) is 68.5 Å². The zero-order valence-electron chi connectivity index (χ0n) is 12.4. The number of ether oxygens (including phenoxy) is 1. The molecule has 0 spiro atoms. The molecule has 122 valence electrons. The van der Waals surface area contributed by atoms with Gasteiger partial charge in [0.1, 0.15) is 11.3 Å². The molecule has 0 aliphatic carbocycles. The SMILES string of the molecule is COc1ccc(Cl)cc1NC(=O)c1cc2cccc(Cl)c2oc1=O. The Morgan fingerprint density at radius 1 is 1.17 bits per heavy atom. The molecule has 7 heteroatoms. The molecule has 1 heterocycles. The van der Waals surface area contributed by atoms with Crippen molar-refractivity contribution in [3.8, 4) is 5.75 Å². The van der Waals surface area contributed by atoms with Crippen molar-refractivity contribution in [3.63, 3.8) is 0 Å². The normalized spacial score (nSPS) is 10.6. The number of fused-ring (bicyclic) bond motifs is 1. The summed E-state index contributed by atoms with van der Waals surface area (Å²) in [4.78, 5) is 24.5. The highest BCUT2D eigenvalue weighted by molar-refractivity contribution is 6.34. The van der Waals surface area contributed by atoms with Gasteiger partial charge < -0.3 is 14.5 Å². The van der Waals surface area contributed by atoms with Crippen molar-refractivity contribution in [1.82, 2.24) is 0 Å². The quantitative estimate of drug-likeness (QED) is 0.701. The van der Waals surface area contributed by atoms with Crippen molar-refractivity contribution in [1.29, 1.82) is 0 Å². The van der Waals surface area contributed by atoms with Crippen LogP contribution in [-0.2, 0) is 0 Å². The summed E-state index contributed by atoms with van der Waals surface area (Å²) >= 11 is 11.9. The fourth-order valence-corrected chi connectivity index (χ4v) is 2.63. The van der Waals surface area contributed by atoms with Gasteiger partial charge in [0.15, 0.2) is 5.58 Å². The molecule has 0 atom stereocenters. The molecule has 0 radical (unpaired) electrons. The fourth-order valence-electron chi connectivity index (χ4n) is 2.23. The Morgan fingerprint density at radius 3 is 2.71 bits per heavy atom. The zero-order valence-corrected chi connectivity index (χ0v) is 13.9. The van der Waals surface area contributed by atoms with E-state index in [-0.39, 0.29) is 11.1 Å². The number of halogens is 2. The maximum absolute atomic E-state index is 12.4. The van der Waals surface area contributed by atoms with E-state index in [4.69, 9.17) is 32.4 Å². The fraction of sp³-hybridized carbons (Fsp3) is 0.0588. The summed E-state index contributed by atoms with van der Waals surface area (Å²) in [7, 11) is 1.46. The predicted octanol–water partition coefficient (Wildman–Crippen LogP) is 4.36. The molecule has 1 aromatic heterocycles. The Bertz CT molecular complexity index is 998. The van der Waals surface area contributed by atoms with E-state index in [1.54, 1.807) is 30.3 Å². The van der Waals surface area contributed by atoms with Crippen LogP contribution < -0.4 is 15.7 Å². The maximum Gasteiger partial charge on any atom is 0.349 e. The predicted molar refractivity (Wildman–Crippen MR) is 93.5 cm³/mol. The molecule has 0 bridgehead atoms. The molecule has 0 unspecified atom stereocenters. The Kier molecular flexibility index (Phi) is 4.46. The topological polar surface area (TPSA) is 68.5 Å². The van der Waals surface area contributed by atoms with Crippen LogP contribution in [-0.4, -0.2) is 13.0 Å². The Balaban J connectivity index is 2.02. The van der Waals surface area contributed by atoms with E-state index >= 15 is 0 Å². The van der Waals surface area contributed by atoms with Crippen LogP contribution in [0.4, 0.5) is 5.69 Å². The summed E-state index contributed by atoms with van der Waals surface area (Å²) in [6.07, 6.45) is 0. The van der Waals surface area contributed by atoms with Gasteiger partial charge in [0.2, 0.25) is 0 Å². The summed E-state index contributed by atoms with van der Waals surface area (Å²) in [5, 5.41) is 3.86. The Hall–Kier alpha value is -2.50. The average Bonchev–Trinajstić information content (AvgIpc) is 2.55. The van der Waals surface area contributed by atoms with Crippen LogP contribution >= 0.6 is 23.2 Å². The number of hydrogen-bond donors (Lipinski definition) is 1. The summed E-state index contributed by atoms with van der Waals surface area (Å²) < 4.78 is 10.3. The van der Waals surface area contributed by atoms with Gasteiger partial charge >= 0.3 is 5.63 Å². The van der Waals surface area contributed by atoms with Crippen molar-refractivity contribution in [2.45, 2.75) is 0 Å². The lowest BCUT2D eigenvalue weighted by Gasteiger charge is -2.10. The van der Waals surface area contributed by atoms with E-state index in [0.717, 1.165) is 0 Å². The van der Waals surface area contributed by atoms with Crippen LogP contribution in [0.1, 0.15) is 10.4 Å². The third-order valence-electron chi connectivity index (χ3n) is 3.37. The van der Waals surface area contributed by atoms with Gasteiger partial charge in [-0.25, -0.2) is 4.79 Å². The van der Waals surface area contributed by atoms with Gasteiger partial charge in [-0.05, 0) is 30.3 Å². The molecular weight excluding hydrogens is 353 g/mol. The second-order valence-corrected chi connectivity index (χ2v) is 5.75. The molecule has 3 rings (SSSR count). The van der Waals surface area contributed by atoms with Gasteiger partial charge in [0.25, 0.3) is 5.91 Å². The lowest BCUT2D eigenvalue weighted by Crippen LogP contribution is -2.21. The number of methoxy groups -OCH3 is 1. The number of amides is 1. The highest BCUT2D eigenvalue weighted by Gasteiger charge is 2.17. The molecule has 0 aliphatic heterocycles. The summed E-state index contributed by atoms with van der Waals surface area (Å²) in [6, 6.07) is 11.2. The minimum Gasteiger partial charge on any atom is -0.495 e. The first-order valence-electron chi connectivity index (χ1n) is 6.87. The van der Waals surface area contributed by atoms with Crippen molar-refractivity contribution >= 4 is 45.8 Å². The van der Waals surface area contributed by atoms with Gasteiger partial charge in [0.05, 0.1) is 17.8 Å². The lowest BCUT2D eigenvalue weighted by molar-refractivity contribution is 0.102. The molecule has 24 heavy (non-hydrogen) atoms. The average molecular weight is 364 g/mol. The van der Waals surface area contributed by atoms with E-state index in [1.165, 1.54) is 19.2 Å². The van der Waals surface area contributed by atoms with E-state index < -0.39 is 11.5 Å². The number of nitrogens with one attached hydrogen (secondary N) is 1. The zero-order chi connectivity index (χ0) is 17.3. The van der Waals surface area contributed by atoms with Gasteiger partial charge in [0, 0.05) is 10.4 Å². The lowest BCUT2D eigenvalue weighted by atomic mass is 10.1.